The first-order valence-electron chi connectivity index (χ1n) is 9.75. The van der Waals surface area contributed by atoms with Crippen LogP contribution in [0.4, 0.5) is 0 Å². The lowest BCUT2D eigenvalue weighted by molar-refractivity contribution is 0.0923. The number of thiophene rings is 1. The molecule has 1 amide bonds. The Balaban J connectivity index is 1.52. The van der Waals surface area contributed by atoms with E-state index < -0.39 is 0 Å². The normalized spacial score (nSPS) is 14.4. The van der Waals surface area contributed by atoms with Crippen LogP contribution < -0.4 is 5.32 Å². The number of hydrogen-bond donors (Lipinski definition) is 2. The molecule has 9 heteroatoms. The van der Waals surface area contributed by atoms with E-state index in [1.165, 1.54) is 11.2 Å². The van der Waals surface area contributed by atoms with Gasteiger partial charge in [0.25, 0.3) is 5.91 Å². The number of aryl methyl sites for hydroxylation is 1. The molecule has 148 valence electrons. The molecule has 0 saturated carbocycles. The van der Waals surface area contributed by atoms with Crippen LogP contribution in [0.15, 0.2) is 30.6 Å². The molecule has 29 heavy (non-hydrogen) atoms. The first kappa shape index (κ1) is 18.0. The van der Waals surface area contributed by atoms with Gasteiger partial charge < -0.3 is 10.3 Å². The number of carbonyl (C=O) groups excluding carboxylic acids is 1. The van der Waals surface area contributed by atoms with Crippen LogP contribution in [-0.2, 0) is 12.8 Å². The van der Waals surface area contributed by atoms with Gasteiger partial charge >= 0.3 is 0 Å². The van der Waals surface area contributed by atoms with Gasteiger partial charge in [0.15, 0.2) is 0 Å². The molecule has 0 spiro atoms. The zero-order valence-electron chi connectivity index (χ0n) is 16.2. The van der Waals surface area contributed by atoms with Crippen molar-refractivity contribution >= 4 is 28.3 Å². The number of benzene rings is 1. The van der Waals surface area contributed by atoms with Crippen molar-refractivity contribution in [3.63, 3.8) is 0 Å². The Kier molecular flexibility index (Phi) is 4.39. The van der Waals surface area contributed by atoms with Crippen LogP contribution in [0.1, 0.15) is 52.9 Å². The molecule has 1 aliphatic rings. The second kappa shape index (κ2) is 7.07. The lowest BCUT2D eigenvalue weighted by Gasteiger charge is -2.21. The average Bonchev–Trinajstić information content (AvgIpc) is 3.48. The molecule has 0 aliphatic heterocycles. The van der Waals surface area contributed by atoms with Crippen molar-refractivity contribution in [1.82, 2.24) is 35.5 Å². The van der Waals surface area contributed by atoms with Crippen molar-refractivity contribution in [2.24, 2.45) is 5.92 Å². The lowest BCUT2D eigenvalue weighted by atomic mass is 10.0. The van der Waals surface area contributed by atoms with Crippen LogP contribution in [0.5, 0.6) is 0 Å². The van der Waals surface area contributed by atoms with E-state index >= 15 is 0 Å². The van der Waals surface area contributed by atoms with E-state index in [9.17, 15) is 4.79 Å². The highest BCUT2D eigenvalue weighted by Gasteiger charge is 2.30. The van der Waals surface area contributed by atoms with E-state index in [0.29, 0.717) is 5.56 Å². The fourth-order valence-electron chi connectivity index (χ4n) is 3.92. The predicted molar refractivity (Wildman–Crippen MR) is 110 cm³/mol. The van der Waals surface area contributed by atoms with Gasteiger partial charge in [0, 0.05) is 4.88 Å². The summed E-state index contributed by atoms with van der Waals surface area (Å²) >= 11 is 1.61. The number of hydrogen-bond acceptors (Lipinski definition) is 6. The molecule has 5 rings (SSSR count). The summed E-state index contributed by atoms with van der Waals surface area (Å²) in [4.78, 5) is 22.8. The quantitative estimate of drug-likeness (QED) is 0.529. The minimum atomic E-state index is -0.228. The number of rotatable bonds is 5. The second-order valence-electron chi connectivity index (χ2n) is 7.63. The standard InChI is InChI=1S/C20H21N7OS/c1-11(2)17(18-22-13-7-3-4-8-14(13)23-18)24-19(28)16-12-6-5-9-15(12)29-20(16)27-10-21-25-26-27/h3-4,7-8,10-11,17H,5-6,9H2,1-2H3,(H,22,23)(H,24,28)/t17-/m1/s1. The summed E-state index contributed by atoms with van der Waals surface area (Å²) in [5.41, 5.74) is 3.68. The maximum absolute atomic E-state index is 13.5. The smallest absolute Gasteiger partial charge is 0.255 e. The van der Waals surface area contributed by atoms with E-state index in [-0.39, 0.29) is 17.9 Å². The molecule has 2 N–H and O–H groups in total. The summed E-state index contributed by atoms with van der Waals surface area (Å²) in [5, 5.41) is 15.5. The number of aromatic amines is 1. The van der Waals surface area contributed by atoms with Gasteiger partial charge in [-0.05, 0) is 53.3 Å². The zero-order valence-corrected chi connectivity index (χ0v) is 17.0. The Hall–Kier alpha value is -3.07. The highest BCUT2D eigenvalue weighted by atomic mass is 32.1. The van der Waals surface area contributed by atoms with E-state index in [2.05, 4.69) is 39.7 Å². The van der Waals surface area contributed by atoms with Crippen LogP contribution >= 0.6 is 11.3 Å². The molecule has 0 fully saturated rings. The third kappa shape index (κ3) is 3.11. The number of aromatic nitrogens is 6. The molecule has 3 heterocycles. The summed E-state index contributed by atoms with van der Waals surface area (Å²) in [5.74, 6) is 0.835. The van der Waals surface area contributed by atoms with Crippen LogP contribution in [0.2, 0.25) is 0 Å². The first-order valence-corrected chi connectivity index (χ1v) is 10.6. The molecule has 3 aromatic heterocycles. The molecule has 0 radical (unpaired) electrons. The molecule has 0 saturated heterocycles. The molecule has 4 aromatic rings. The zero-order chi connectivity index (χ0) is 20.0. The predicted octanol–water partition coefficient (Wildman–Crippen LogP) is 3.22. The van der Waals surface area contributed by atoms with E-state index in [1.807, 2.05) is 24.3 Å². The minimum absolute atomic E-state index is 0.103. The summed E-state index contributed by atoms with van der Waals surface area (Å²) < 4.78 is 1.59. The molecule has 0 bridgehead atoms. The molecule has 0 unspecified atom stereocenters. The van der Waals surface area contributed by atoms with Gasteiger partial charge in [-0.2, -0.15) is 4.68 Å². The summed E-state index contributed by atoms with van der Waals surface area (Å²) in [7, 11) is 0. The third-order valence-corrected chi connectivity index (χ3v) is 6.62. The fourth-order valence-corrected chi connectivity index (χ4v) is 5.23. The number of fused-ring (bicyclic) bond motifs is 2. The number of para-hydroxylation sites is 2. The average molecular weight is 408 g/mol. The van der Waals surface area contributed by atoms with Gasteiger partial charge in [-0.15, -0.1) is 16.4 Å². The number of amides is 1. The number of nitrogens with zero attached hydrogens (tertiary/aromatic N) is 5. The van der Waals surface area contributed by atoms with Crippen LogP contribution in [0.3, 0.4) is 0 Å². The molecule has 1 atom stereocenters. The SMILES string of the molecule is CC(C)[C@@H](NC(=O)c1c(-n2cnnn2)sc2c1CCC2)c1nc2ccccc2[nH]1. The summed E-state index contributed by atoms with van der Waals surface area (Å²) in [6.07, 6.45) is 4.53. The highest BCUT2D eigenvalue weighted by molar-refractivity contribution is 7.15. The highest BCUT2D eigenvalue weighted by Crippen LogP contribution is 2.37. The van der Waals surface area contributed by atoms with Crippen LogP contribution in [-0.4, -0.2) is 36.1 Å². The number of carbonyl (C=O) groups is 1. The van der Waals surface area contributed by atoms with Gasteiger partial charge in [0.1, 0.15) is 17.2 Å². The summed E-state index contributed by atoms with van der Waals surface area (Å²) in [6.45, 7) is 4.16. The van der Waals surface area contributed by atoms with E-state index in [0.717, 1.165) is 46.7 Å². The van der Waals surface area contributed by atoms with E-state index in [1.54, 1.807) is 16.0 Å². The first-order chi connectivity index (χ1) is 14.1. The fraction of sp³-hybridized carbons (Fsp3) is 0.350. The Morgan fingerprint density at radius 3 is 2.90 bits per heavy atom. The van der Waals surface area contributed by atoms with Gasteiger partial charge in [0.05, 0.1) is 22.6 Å². The number of nitrogens with one attached hydrogen (secondary N) is 2. The molecular weight excluding hydrogens is 386 g/mol. The third-order valence-electron chi connectivity index (χ3n) is 5.34. The van der Waals surface area contributed by atoms with Gasteiger partial charge in [-0.25, -0.2) is 4.98 Å². The molecule has 1 aliphatic carbocycles. The van der Waals surface area contributed by atoms with Crippen molar-refractivity contribution in [3.8, 4) is 5.00 Å². The van der Waals surface area contributed by atoms with Crippen molar-refractivity contribution in [2.75, 3.05) is 0 Å². The Morgan fingerprint density at radius 2 is 2.14 bits per heavy atom. The van der Waals surface area contributed by atoms with Gasteiger partial charge in [-0.3, -0.25) is 4.79 Å². The number of H-pyrrole nitrogens is 1. The number of tetrazole rings is 1. The second-order valence-corrected chi connectivity index (χ2v) is 8.71. The Labute approximate surface area is 171 Å². The van der Waals surface area contributed by atoms with E-state index in [4.69, 9.17) is 4.98 Å². The lowest BCUT2D eigenvalue weighted by Crippen LogP contribution is -2.33. The van der Waals surface area contributed by atoms with Crippen molar-refractivity contribution in [2.45, 2.75) is 39.2 Å². The summed E-state index contributed by atoms with van der Waals surface area (Å²) in [6, 6.07) is 7.67. The van der Waals surface area contributed by atoms with Crippen LogP contribution in [0, 0.1) is 5.92 Å². The number of imidazole rings is 1. The van der Waals surface area contributed by atoms with Crippen molar-refractivity contribution in [1.29, 1.82) is 0 Å². The largest absolute Gasteiger partial charge is 0.342 e. The monoisotopic (exact) mass is 407 g/mol. The molecule has 1 aromatic carbocycles. The minimum Gasteiger partial charge on any atom is -0.342 e. The van der Waals surface area contributed by atoms with Gasteiger partial charge in [0.2, 0.25) is 0 Å². The Bertz CT molecular complexity index is 1140. The van der Waals surface area contributed by atoms with Crippen LogP contribution in [0.25, 0.3) is 16.0 Å². The topological polar surface area (TPSA) is 101 Å². The Morgan fingerprint density at radius 1 is 1.28 bits per heavy atom. The van der Waals surface area contributed by atoms with Crippen molar-refractivity contribution < 1.29 is 4.79 Å². The van der Waals surface area contributed by atoms with Gasteiger partial charge in [-0.1, -0.05) is 26.0 Å². The maximum Gasteiger partial charge on any atom is 0.255 e. The molecule has 8 nitrogen and oxygen atoms in total. The van der Waals surface area contributed by atoms with Crippen molar-refractivity contribution in [3.05, 3.63) is 52.4 Å². The maximum atomic E-state index is 13.5. The molecular formula is C20H21N7OS.